The Morgan fingerprint density at radius 1 is 1.42 bits per heavy atom. The van der Waals surface area contributed by atoms with Crippen molar-refractivity contribution >= 4 is 28.9 Å². The summed E-state index contributed by atoms with van der Waals surface area (Å²) >= 11 is 6.28. The molecule has 2 rings (SSSR count). The maximum atomic E-state index is 11.9. The minimum absolute atomic E-state index is 0.408. The van der Waals surface area contributed by atoms with Crippen molar-refractivity contribution in [2.45, 2.75) is 31.7 Å². The molecule has 1 aliphatic carbocycles. The van der Waals surface area contributed by atoms with Crippen LogP contribution in [0, 0.1) is 0 Å². The molecule has 0 spiro atoms. The van der Waals surface area contributed by atoms with Crippen molar-refractivity contribution in [1.29, 1.82) is 0 Å². The first-order valence-corrected chi connectivity index (χ1v) is 6.82. The van der Waals surface area contributed by atoms with Gasteiger partial charge in [-0.1, -0.05) is 24.4 Å². The second kappa shape index (κ2) is 5.70. The maximum Gasteiger partial charge on any atom is 0.340 e. The summed E-state index contributed by atoms with van der Waals surface area (Å²) in [6.45, 7) is 0. The van der Waals surface area contributed by atoms with Gasteiger partial charge < -0.3 is 15.4 Å². The predicted octanol–water partition coefficient (Wildman–Crippen LogP) is 3.09. The average Bonchev–Trinajstić information content (AvgIpc) is 2.90. The van der Waals surface area contributed by atoms with Crippen LogP contribution in [0.25, 0.3) is 0 Å². The molecule has 104 valence electrons. The lowest BCUT2D eigenvalue weighted by Gasteiger charge is -2.29. The standard InChI is InChI=1S/C14H19ClN2O2/c1-17(10-5-3-4-6-10)13-11(14(18)19-2)7-9(16)8-12(13)15/h7-8,10H,3-6,16H2,1-2H3. The Kier molecular flexibility index (Phi) is 4.20. The number of rotatable bonds is 3. The van der Waals surface area contributed by atoms with Crippen LogP contribution >= 0.6 is 11.6 Å². The van der Waals surface area contributed by atoms with E-state index in [0.29, 0.717) is 22.3 Å². The SMILES string of the molecule is COC(=O)c1cc(N)cc(Cl)c1N(C)C1CCCC1. The molecule has 1 aliphatic rings. The van der Waals surface area contributed by atoms with Gasteiger partial charge in [-0.25, -0.2) is 4.79 Å². The van der Waals surface area contributed by atoms with Crippen molar-refractivity contribution in [3.05, 3.63) is 22.7 Å². The first-order valence-electron chi connectivity index (χ1n) is 6.44. The molecular formula is C14H19ClN2O2. The molecule has 0 bridgehead atoms. The fourth-order valence-corrected chi connectivity index (χ4v) is 3.08. The second-order valence-electron chi connectivity index (χ2n) is 4.94. The largest absolute Gasteiger partial charge is 0.465 e. The number of ether oxygens (including phenoxy) is 1. The van der Waals surface area contributed by atoms with Crippen LogP contribution in [-0.4, -0.2) is 26.2 Å². The molecule has 0 aliphatic heterocycles. The van der Waals surface area contributed by atoms with Crippen LogP contribution in [-0.2, 0) is 4.74 Å². The molecule has 4 nitrogen and oxygen atoms in total. The topological polar surface area (TPSA) is 55.6 Å². The molecule has 0 saturated heterocycles. The number of carbonyl (C=O) groups excluding carboxylic acids is 1. The molecule has 0 atom stereocenters. The van der Waals surface area contributed by atoms with Crippen LogP contribution in [0.2, 0.25) is 5.02 Å². The Balaban J connectivity index is 2.44. The van der Waals surface area contributed by atoms with Crippen molar-refractivity contribution < 1.29 is 9.53 Å². The second-order valence-corrected chi connectivity index (χ2v) is 5.35. The molecule has 1 aromatic carbocycles. The summed E-state index contributed by atoms with van der Waals surface area (Å²) < 4.78 is 4.82. The van der Waals surface area contributed by atoms with Crippen LogP contribution in [0.4, 0.5) is 11.4 Å². The molecule has 0 heterocycles. The van der Waals surface area contributed by atoms with Gasteiger partial charge in [-0.3, -0.25) is 0 Å². The first-order chi connectivity index (χ1) is 9.04. The van der Waals surface area contributed by atoms with Gasteiger partial charge in [0.1, 0.15) is 0 Å². The molecular weight excluding hydrogens is 264 g/mol. The summed E-state index contributed by atoms with van der Waals surface area (Å²) in [6, 6.07) is 3.72. The van der Waals surface area contributed by atoms with E-state index < -0.39 is 5.97 Å². The van der Waals surface area contributed by atoms with Crippen LogP contribution in [0.5, 0.6) is 0 Å². The maximum absolute atomic E-state index is 11.9. The number of esters is 1. The number of hydrogen-bond acceptors (Lipinski definition) is 4. The van der Waals surface area contributed by atoms with Gasteiger partial charge in [-0.15, -0.1) is 0 Å². The highest BCUT2D eigenvalue weighted by atomic mass is 35.5. The molecule has 0 aromatic heterocycles. The highest BCUT2D eigenvalue weighted by Crippen LogP contribution is 2.36. The molecule has 19 heavy (non-hydrogen) atoms. The van der Waals surface area contributed by atoms with Crippen molar-refractivity contribution in [1.82, 2.24) is 0 Å². The number of hydrogen-bond donors (Lipinski definition) is 1. The summed E-state index contributed by atoms with van der Waals surface area (Å²) in [4.78, 5) is 14.0. The summed E-state index contributed by atoms with van der Waals surface area (Å²) in [5.74, 6) is -0.408. The zero-order chi connectivity index (χ0) is 14.0. The number of nitrogen functional groups attached to an aromatic ring is 1. The number of benzene rings is 1. The van der Waals surface area contributed by atoms with E-state index in [-0.39, 0.29) is 0 Å². The number of nitrogens with two attached hydrogens (primary N) is 1. The molecule has 5 heteroatoms. The van der Waals surface area contributed by atoms with E-state index in [9.17, 15) is 4.79 Å². The van der Waals surface area contributed by atoms with Crippen molar-refractivity contribution in [2.75, 3.05) is 24.8 Å². The van der Waals surface area contributed by atoms with Gasteiger partial charge in [0.2, 0.25) is 0 Å². The fourth-order valence-electron chi connectivity index (χ4n) is 2.72. The monoisotopic (exact) mass is 282 g/mol. The van der Waals surface area contributed by atoms with Crippen LogP contribution in [0.3, 0.4) is 0 Å². The average molecular weight is 283 g/mol. The normalized spacial score (nSPS) is 15.5. The fraction of sp³-hybridized carbons (Fsp3) is 0.500. The number of anilines is 2. The zero-order valence-corrected chi connectivity index (χ0v) is 12.0. The number of methoxy groups -OCH3 is 1. The molecule has 0 radical (unpaired) electrons. The van der Waals surface area contributed by atoms with Crippen LogP contribution in [0.1, 0.15) is 36.0 Å². The van der Waals surface area contributed by atoms with Gasteiger partial charge in [0.15, 0.2) is 0 Å². The van der Waals surface area contributed by atoms with Gasteiger partial charge in [0.25, 0.3) is 0 Å². The molecule has 1 aromatic rings. The van der Waals surface area contributed by atoms with E-state index in [4.69, 9.17) is 22.1 Å². The Labute approximate surface area is 118 Å². The highest BCUT2D eigenvalue weighted by Gasteiger charge is 2.26. The lowest BCUT2D eigenvalue weighted by atomic mass is 10.1. The van der Waals surface area contributed by atoms with Gasteiger partial charge >= 0.3 is 5.97 Å². The summed E-state index contributed by atoms with van der Waals surface area (Å²) in [6.07, 6.45) is 4.68. The van der Waals surface area contributed by atoms with Crippen molar-refractivity contribution in [3.8, 4) is 0 Å². The van der Waals surface area contributed by atoms with Crippen molar-refractivity contribution in [3.63, 3.8) is 0 Å². The van der Waals surface area contributed by atoms with E-state index in [1.165, 1.54) is 20.0 Å². The highest BCUT2D eigenvalue weighted by molar-refractivity contribution is 6.34. The lowest BCUT2D eigenvalue weighted by Crippen LogP contribution is -2.30. The third-order valence-electron chi connectivity index (χ3n) is 3.72. The van der Waals surface area contributed by atoms with Crippen LogP contribution < -0.4 is 10.6 Å². The smallest absolute Gasteiger partial charge is 0.340 e. The van der Waals surface area contributed by atoms with Gasteiger partial charge in [0.05, 0.1) is 23.4 Å². The third-order valence-corrected chi connectivity index (χ3v) is 4.00. The lowest BCUT2D eigenvalue weighted by molar-refractivity contribution is 0.0601. The predicted molar refractivity (Wildman–Crippen MR) is 77.9 cm³/mol. The summed E-state index contributed by atoms with van der Waals surface area (Å²) in [5.41, 5.74) is 7.38. The Bertz CT molecular complexity index is 485. The quantitative estimate of drug-likeness (QED) is 0.684. The summed E-state index contributed by atoms with van der Waals surface area (Å²) in [5, 5.41) is 0.495. The van der Waals surface area contributed by atoms with Crippen LogP contribution in [0.15, 0.2) is 12.1 Å². The minimum Gasteiger partial charge on any atom is -0.465 e. The number of halogens is 1. The van der Waals surface area contributed by atoms with E-state index in [1.807, 2.05) is 7.05 Å². The Morgan fingerprint density at radius 2 is 2.05 bits per heavy atom. The summed E-state index contributed by atoms with van der Waals surface area (Å²) in [7, 11) is 3.33. The first kappa shape index (κ1) is 14.0. The number of carbonyl (C=O) groups is 1. The van der Waals surface area contributed by atoms with Gasteiger partial charge in [-0.05, 0) is 25.0 Å². The van der Waals surface area contributed by atoms with E-state index >= 15 is 0 Å². The number of nitrogens with zero attached hydrogens (tertiary/aromatic N) is 1. The molecule has 1 fully saturated rings. The third kappa shape index (κ3) is 2.78. The Hall–Kier alpha value is -1.42. The molecule has 2 N–H and O–H groups in total. The van der Waals surface area contributed by atoms with E-state index in [0.717, 1.165) is 18.5 Å². The van der Waals surface area contributed by atoms with E-state index in [1.54, 1.807) is 12.1 Å². The van der Waals surface area contributed by atoms with Crippen molar-refractivity contribution in [2.24, 2.45) is 0 Å². The molecule has 1 saturated carbocycles. The minimum atomic E-state index is -0.408. The molecule has 0 amide bonds. The molecule has 0 unspecified atom stereocenters. The van der Waals surface area contributed by atoms with Gasteiger partial charge in [-0.2, -0.15) is 0 Å². The Morgan fingerprint density at radius 3 is 2.63 bits per heavy atom. The zero-order valence-electron chi connectivity index (χ0n) is 11.3. The van der Waals surface area contributed by atoms with Gasteiger partial charge in [0, 0.05) is 18.8 Å². The van der Waals surface area contributed by atoms with E-state index in [2.05, 4.69) is 4.90 Å².